The van der Waals surface area contributed by atoms with Crippen LogP contribution in [0.4, 0.5) is 5.69 Å². The first kappa shape index (κ1) is 20.8. The first-order chi connectivity index (χ1) is 13.4. The van der Waals surface area contributed by atoms with E-state index in [1.807, 2.05) is 0 Å². The van der Waals surface area contributed by atoms with E-state index in [-0.39, 0.29) is 4.90 Å². The maximum atomic E-state index is 12.7. The van der Waals surface area contributed by atoms with Crippen LogP contribution < -0.4 is 5.32 Å². The molecule has 28 heavy (non-hydrogen) atoms. The highest BCUT2D eigenvalue weighted by Crippen LogP contribution is 2.23. The van der Waals surface area contributed by atoms with Gasteiger partial charge in [0.25, 0.3) is 5.91 Å². The largest absolute Gasteiger partial charge is 0.451 e. The van der Waals surface area contributed by atoms with Crippen molar-refractivity contribution in [1.29, 1.82) is 0 Å². The highest BCUT2D eigenvalue weighted by molar-refractivity contribution is 7.89. The Morgan fingerprint density at radius 1 is 1.14 bits per heavy atom. The Labute approximate surface area is 172 Å². The Hall–Kier alpha value is -1.94. The molecule has 2 aromatic rings. The van der Waals surface area contributed by atoms with Crippen molar-refractivity contribution in [1.82, 2.24) is 4.31 Å². The van der Waals surface area contributed by atoms with Gasteiger partial charge in [0.2, 0.25) is 10.0 Å². The van der Waals surface area contributed by atoms with E-state index in [4.69, 9.17) is 16.3 Å². The van der Waals surface area contributed by atoms with Crippen molar-refractivity contribution in [2.24, 2.45) is 0 Å². The van der Waals surface area contributed by atoms with E-state index in [9.17, 15) is 18.0 Å². The monoisotopic (exact) mass is 442 g/mol. The molecule has 3 rings (SSSR count). The average Bonchev–Trinajstić information content (AvgIpc) is 3.13. The van der Waals surface area contributed by atoms with Crippen LogP contribution in [0.1, 0.15) is 28.9 Å². The quantitative estimate of drug-likeness (QED) is 0.692. The summed E-state index contributed by atoms with van der Waals surface area (Å²) in [6.07, 6.45) is 2.71. The number of anilines is 1. The van der Waals surface area contributed by atoms with E-state index in [0.29, 0.717) is 28.0 Å². The van der Waals surface area contributed by atoms with Gasteiger partial charge in [0.15, 0.2) is 6.61 Å². The third kappa shape index (κ3) is 5.11. The summed E-state index contributed by atoms with van der Waals surface area (Å²) in [6, 6.07) is 9.13. The molecule has 1 aromatic carbocycles. The zero-order valence-corrected chi connectivity index (χ0v) is 17.3. The zero-order chi connectivity index (χ0) is 20.1. The van der Waals surface area contributed by atoms with Crippen LogP contribution >= 0.6 is 22.9 Å². The van der Waals surface area contributed by atoms with Gasteiger partial charge in [-0.2, -0.15) is 4.31 Å². The number of halogens is 1. The normalized spacial score (nSPS) is 15.2. The Morgan fingerprint density at radius 3 is 2.57 bits per heavy atom. The number of benzene rings is 1. The number of carbonyl (C=O) groups is 2. The fraction of sp³-hybridized carbons (Fsp3) is 0.333. The van der Waals surface area contributed by atoms with Gasteiger partial charge in [-0.25, -0.2) is 13.2 Å². The average molecular weight is 443 g/mol. The van der Waals surface area contributed by atoms with Crippen molar-refractivity contribution in [2.45, 2.75) is 24.2 Å². The van der Waals surface area contributed by atoms with Gasteiger partial charge in [-0.15, -0.1) is 11.3 Å². The minimum atomic E-state index is -3.59. The molecule has 7 nitrogen and oxygen atoms in total. The summed E-state index contributed by atoms with van der Waals surface area (Å²) in [7, 11) is -3.59. The first-order valence-corrected chi connectivity index (χ1v) is 11.3. The molecule has 1 aromatic heterocycles. The molecule has 0 aliphatic carbocycles. The molecule has 0 radical (unpaired) electrons. The van der Waals surface area contributed by atoms with Crippen LogP contribution in [0.3, 0.4) is 0 Å². The number of hydrogen-bond acceptors (Lipinski definition) is 6. The summed E-state index contributed by atoms with van der Waals surface area (Å²) in [5.74, 6) is -1.21. The lowest BCUT2D eigenvalue weighted by Gasteiger charge is -2.26. The van der Waals surface area contributed by atoms with Crippen molar-refractivity contribution in [2.75, 3.05) is 25.0 Å². The lowest BCUT2D eigenvalue weighted by Crippen LogP contribution is -2.35. The molecule has 1 amide bonds. The maximum absolute atomic E-state index is 12.7. The van der Waals surface area contributed by atoms with Crippen LogP contribution in [0.2, 0.25) is 4.34 Å². The van der Waals surface area contributed by atoms with Crippen LogP contribution in [0.25, 0.3) is 0 Å². The molecule has 0 spiro atoms. The Morgan fingerprint density at radius 2 is 1.89 bits per heavy atom. The van der Waals surface area contributed by atoms with Gasteiger partial charge >= 0.3 is 5.97 Å². The van der Waals surface area contributed by atoms with Crippen LogP contribution in [-0.2, 0) is 19.6 Å². The molecule has 1 saturated heterocycles. The maximum Gasteiger partial charge on any atom is 0.348 e. The van der Waals surface area contributed by atoms with Gasteiger partial charge in [-0.1, -0.05) is 24.1 Å². The number of esters is 1. The fourth-order valence-electron chi connectivity index (χ4n) is 2.81. The van der Waals surface area contributed by atoms with E-state index < -0.39 is 28.5 Å². The van der Waals surface area contributed by atoms with Gasteiger partial charge < -0.3 is 10.1 Å². The van der Waals surface area contributed by atoms with E-state index in [1.165, 1.54) is 22.5 Å². The Balaban J connectivity index is 1.60. The molecule has 1 aliphatic rings. The number of amides is 1. The summed E-state index contributed by atoms with van der Waals surface area (Å²) in [5, 5.41) is 2.55. The van der Waals surface area contributed by atoms with Crippen LogP contribution in [0.5, 0.6) is 0 Å². The molecular weight excluding hydrogens is 424 g/mol. The standard InChI is InChI=1S/C18H19ClN2O5S2/c19-16-8-7-15(27-16)18(23)26-12-17(22)20-13-5-4-6-14(11-13)28(24,25)21-9-2-1-3-10-21/h4-8,11H,1-3,9-10,12H2,(H,20,22). The molecule has 0 saturated carbocycles. The molecule has 1 N–H and O–H groups in total. The molecule has 0 atom stereocenters. The molecule has 1 aliphatic heterocycles. The van der Waals surface area contributed by atoms with E-state index in [0.717, 1.165) is 30.6 Å². The topological polar surface area (TPSA) is 92.8 Å². The SMILES string of the molecule is O=C(COC(=O)c1ccc(Cl)s1)Nc1cccc(S(=O)(=O)N2CCCCC2)c1. The highest BCUT2D eigenvalue weighted by Gasteiger charge is 2.26. The number of rotatable bonds is 6. The van der Waals surface area contributed by atoms with Gasteiger partial charge in [-0.3, -0.25) is 4.79 Å². The number of hydrogen-bond donors (Lipinski definition) is 1. The summed E-state index contributed by atoms with van der Waals surface area (Å²) >= 11 is 6.82. The van der Waals surface area contributed by atoms with E-state index >= 15 is 0 Å². The van der Waals surface area contributed by atoms with Crippen molar-refractivity contribution < 1.29 is 22.7 Å². The molecular formula is C18H19ClN2O5S2. The number of carbonyl (C=O) groups excluding carboxylic acids is 2. The van der Waals surface area contributed by atoms with Crippen LogP contribution in [-0.4, -0.2) is 44.3 Å². The number of piperidine rings is 1. The fourth-order valence-corrected chi connectivity index (χ4v) is 5.31. The Bertz CT molecular complexity index is 968. The lowest BCUT2D eigenvalue weighted by molar-refractivity contribution is -0.119. The molecule has 0 bridgehead atoms. The predicted octanol–water partition coefficient (Wildman–Crippen LogP) is 3.37. The summed E-state index contributed by atoms with van der Waals surface area (Å²) in [5.41, 5.74) is 0.318. The highest BCUT2D eigenvalue weighted by atomic mass is 35.5. The smallest absolute Gasteiger partial charge is 0.348 e. The second-order valence-corrected chi connectivity index (χ2v) is 9.87. The minimum Gasteiger partial charge on any atom is -0.451 e. The number of ether oxygens (including phenoxy) is 1. The van der Waals surface area contributed by atoms with E-state index in [2.05, 4.69) is 5.32 Å². The Kier molecular flexibility index (Phi) is 6.71. The van der Waals surface area contributed by atoms with Gasteiger partial charge in [0.05, 0.1) is 9.23 Å². The molecule has 0 unspecified atom stereocenters. The third-order valence-electron chi connectivity index (χ3n) is 4.18. The summed E-state index contributed by atoms with van der Waals surface area (Å²) in [4.78, 5) is 24.3. The minimum absolute atomic E-state index is 0.123. The molecule has 10 heteroatoms. The number of sulfonamides is 1. The second-order valence-electron chi connectivity index (χ2n) is 6.22. The number of nitrogens with zero attached hydrogens (tertiary/aromatic N) is 1. The van der Waals surface area contributed by atoms with Crippen molar-refractivity contribution in [3.63, 3.8) is 0 Å². The van der Waals surface area contributed by atoms with Crippen LogP contribution in [0.15, 0.2) is 41.3 Å². The lowest BCUT2D eigenvalue weighted by atomic mass is 10.2. The summed E-state index contributed by atoms with van der Waals surface area (Å²) in [6.45, 7) is 0.515. The number of nitrogens with one attached hydrogen (secondary N) is 1. The van der Waals surface area contributed by atoms with Crippen LogP contribution in [0, 0.1) is 0 Å². The predicted molar refractivity (Wildman–Crippen MR) is 107 cm³/mol. The van der Waals surface area contributed by atoms with Crippen molar-refractivity contribution in [3.05, 3.63) is 45.6 Å². The van der Waals surface area contributed by atoms with Gasteiger partial charge in [0, 0.05) is 18.8 Å². The second kappa shape index (κ2) is 9.04. The number of thiophene rings is 1. The van der Waals surface area contributed by atoms with E-state index in [1.54, 1.807) is 18.2 Å². The third-order valence-corrected chi connectivity index (χ3v) is 7.29. The zero-order valence-electron chi connectivity index (χ0n) is 14.9. The molecule has 2 heterocycles. The first-order valence-electron chi connectivity index (χ1n) is 8.69. The molecule has 1 fully saturated rings. The molecule has 150 valence electrons. The van der Waals surface area contributed by atoms with Crippen molar-refractivity contribution >= 4 is 50.5 Å². The van der Waals surface area contributed by atoms with Crippen molar-refractivity contribution in [3.8, 4) is 0 Å². The summed E-state index contributed by atoms with van der Waals surface area (Å²) < 4.78 is 32.3. The van der Waals surface area contributed by atoms with Gasteiger partial charge in [-0.05, 0) is 43.2 Å². The van der Waals surface area contributed by atoms with Gasteiger partial charge in [0.1, 0.15) is 4.88 Å².